The number of rotatable bonds is 4. The fraction of sp³-hybridized carbons (Fsp3) is 0.500. The first kappa shape index (κ1) is 16.6. The highest BCUT2D eigenvalue weighted by molar-refractivity contribution is 5.85. The van der Waals surface area contributed by atoms with E-state index in [-0.39, 0.29) is 24.4 Å². The van der Waals surface area contributed by atoms with Crippen LogP contribution >= 0.6 is 12.4 Å². The second-order valence-corrected chi connectivity index (χ2v) is 4.75. The predicted molar refractivity (Wildman–Crippen MR) is 79.4 cm³/mol. The van der Waals surface area contributed by atoms with Crippen LogP contribution in [0.1, 0.15) is 25.3 Å². The van der Waals surface area contributed by atoms with E-state index >= 15 is 0 Å². The van der Waals surface area contributed by atoms with E-state index in [1.807, 2.05) is 25.1 Å². The number of nitrogens with two attached hydrogens (primary N) is 1. The second kappa shape index (κ2) is 7.97. The number of benzene rings is 1. The van der Waals surface area contributed by atoms with Gasteiger partial charge in [-0.3, -0.25) is 4.79 Å². The monoisotopic (exact) mass is 300 g/mol. The van der Waals surface area contributed by atoms with E-state index in [9.17, 15) is 4.79 Å². The van der Waals surface area contributed by atoms with Gasteiger partial charge in [0.1, 0.15) is 0 Å². The third kappa shape index (κ3) is 4.58. The highest BCUT2D eigenvalue weighted by atomic mass is 35.5. The molecule has 0 bridgehead atoms. The Hall–Kier alpha value is -1.46. The Bertz CT molecular complexity index is 452. The summed E-state index contributed by atoms with van der Waals surface area (Å²) in [4.78, 5) is 11.6. The van der Waals surface area contributed by atoms with Gasteiger partial charge < -0.3 is 20.5 Å². The Balaban J connectivity index is 0.00000200. The molecular weight excluding hydrogens is 280 g/mol. The molecule has 0 radical (unpaired) electrons. The summed E-state index contributed by atoms with van der Waals surface area (Å²) in [7, 11) is 0. The molecule has 1 aromatic carbocycles. The Morgan fingerprint density at radius 2 is 2.15 bits per heavy atom. The first-order chi connectivity index (χ1) is 9.16. The number of ether oxygens (including phenoxy) is 2. The largest absolute Gasteiger partial charge is 0.490 e. The van der Waals surface area contributed by atoms with Crippen molar-refractivity contribution in [2.24, 2.45) is 5.73 Å². The fourth-order valence-electron chi connectivity index (χ4n) is 1.95. The molecule has 0 saturated carbocycles. The zero-order valence-corrected chi connectivity index (χ0v) is 12.4. The summed E-state index contributed by atoms with van der Waals surface area (Å²) < 4.78 is 11.3. The zero-order chi connectivity index (χ0) is 13.7. The molecule has 0 saturated heterocycles. The lowest BCUT2D eigenvalue weighted by Crippen LogP contribution is -2.29. The van der Waals surface area contributed by atoms with E-state index in [0.717, 1.165) is 23.5 Å². The van der Waals surface area contributed by atoms with E-state index in [1.54, 1.807) is 0 Å². The molecule has 1 atom stereocenters. The molecule has 0 aromatic heterocycles. The lowest BCUT2D eigenvalue weighted by molar-refractivity contribution is -0.121. The smallest absolute Gasteiger partial charge is 0.221 e. The van der Waals surface area contributed by atoms with Crippen LogP contribution in [0.3, 0.4) is 0 Å². The standard InChI is InChI=1S/C14H20N2O3.ClH/c1-10(15)8-13(17)16-9-11-4-2-5-12-14(11)19-7-3-6-18-12;/h2,4-5,10H,3,6-9,15H2,1H3,(H,16,17);1H. The van der Waals surface area contributed by atoms with E-state index in [2.05, 4.69) is 5.32 Å². The molecule has 0 fully saturated rings. The van der Waals surface area contributed by atoms with Gasteiger partial charge in [-0.2, -0.15) is 0 Å². The lowest BCUT2D eigenvalue weighted by atomic mass is 10.1. The topological polar surface area (TPSA) is 73.6 Å². The number of nitrogens with one attached hydrogen (secondary N) is 1. The van der Waals surface area contributed by atoms with Crippen molar-refractivity contribution in [3.63, 3.8) is 0 Å². The minimum atomic E-state index is -0.132. The average molecular weight is 301 g/mol. The van der Waals surface area contributed by atoms with Crippen molar-refractivity contribution in [2.45, 2.75) is 32.4 Å². The number of carbonyl (C=O) groups excluding carboxylic acids is 1. The van der Waals surface area contributed by atoms with Gasteiger partial charge in [0.05, 0.1) is 13.2 Å². The van der Waals surface area contributed by atoms with Crippen LogP contribution in [0.4, 0.5) is 0 Å². The second-order valence-electron chi connectivity index (χ2n) is 4.75. The van der Waals surface area contributed by atoms with Crippen LogP contribution in [-0.4, -0.2) is 25.2 Å². The van der Waals surface area contributed by atoms with Crippen molar-refractivity contribution >= 4 is 18.3 Å². The highest BCUT2D eigenvalue weighted by Gasteiger charge is 2.15. The molecule has 6 heteroatoms. The van der Waals surface area contributed by atoms with Gasteiger partial charge in [0.2, 0.25) is 5.91 Å². The normalized spacial score (nSPS) is 14.7. The maximum atomic E-state index is 11.6. The third-order valence-corrected chi connectivity index (χ3v) is 2.84. The average Bonchev–Trinajstić information content (AvgIpc) is 2.60. The Labute approximate surface area is 125 Å². The van der Waals surface area contributed by atoms with Crippen molar-refractivity contribution in [2.75, 3.05) is 13.2 Å². The van der Waals surface area contributed by atoms with Crippen LogP contribution in [0.5, 0.6) is 11.5 Å². The Morgan fingerprint density at radius 1 is 1.40 bits per heavy atom. The molecule has 0 spiro atoms. The van der Waals surface area contributed by atoms with Crippen LogP contribution in [0, 0.1) is 0 Å². The number of hydrogen-bond acceptors (Lipinski definition) is 4. The van der Waals surface area contributed by atoms with Crippen molar-refractivity contribution < 1.29 is 14.3 Å². The van der Waals surface area contributed by atoms with Gasteiger partial charge in [0, 0.05) is 31.0 Å². The number of fused-ring (bicyclic) bond motifs is 1. The maximum absolute atomic E-state index is 11.6. The molecule has 1 aromatic rings. The quantitative estimate of drug-likeness (QED) is 0.886. The number of hydrogen-bond donors (Lipinski definition) is 2. The number of para-hydroxylation sites is 1. The van der Waals surface area contributed by atoms with Gasteiger partial charge >= 0.3 is 0 Å². The van der Waals surface area contributed by atoms with Crippen LogP contribution in [-0.2, 0) is 11.3 Å². The Morgan fingerprint density at radius 3 is 2.90 bits per heavy atom. The third-order valence-electron chi connectivity index (χ3n) is 2.84. The molecule has 2 rings (SSSR count). The van der Waals surface area contributed by atoms with Crippen molar-refractivity contribution in [1.82, 2.24) is 5.32 Å². The van der Waals surface area contributed by atoms with Crippen LogP contribution < -0.4 is 20.5 Å². The van der Waals surface area contributed by atoms with Crippen LogP contribution in [0.25, 0.3) is 0 Å². The van der Waals surface area contributed by atoms with Crippen molar-refractivity contribution in [3.05, 3.63) is 23.8 Å². The lowest BCUT2D eigenvalue weighted by Gasteiger charge is -2.13. The minimum absolute atomic E-state index is 0. The number of carbonyl (C=O) groups is 1. The molecule has 112 valence electrons. The van der Waals surface area contributed by atoms with Gasteiger partial charge in [0.25, 0.3) is 0 Å². The first-order valence-corrected chi connectivity index (χ1v) is 6.56. The van der Waals surface area contributed by atoms with Crippen LogP contribution in [0.15, 0.2) is 18.2 Å². The Kier molecular flexibility index (Phi) is 6.61. The van der Waals surface area contributed by atoms with Gasteiger partial charge in [-0.05, 0) is 13.0 Å². The van der Waals surface area contributed by atoms with E-state index < -0.39 is 0 Å². The summed E-state index contributed by atoms with van der Waals surface area (Å²) in [5.41, 5.74) is 6.52. The predicted octanol–water partition coefficient (Wildman–Crippen LogP) is 1.62. The zero-order valence-electron chi connectivity index (χ0n) is 11.6. The maximum Gasteiger partial charge on any atom is 0.221 e. The van der Waals surface area contributed by atoms with Crippen molar-refractivity contribution in [1.29, 1.82) is 0 Å². The molecule has 3 N–H and O–H groups in total. The molecular formula is C14H21ClN2O3. The van der Waals surface area contributed by atoms with Gasteiger partial charge in [0.15, 0.2) is 11.5 Å². The van der Waals surface area contributed by atoms with Gasteiger partial charge in [-0.25, -0.2) is 0 Å². The van der Waals surface area contributed by atoms with Crippen molar-refractivity contribution in [3.8, 4) is 11.5 Å². The molecule has 1 heterocycles. The van der Waals surface area contributed by atoms with E-state index in [4.69, 9.17) is 15.2 Å². The highest BCUT2D eigenvalue weighted by Crippen LogP contribution is 2.33. The number of halogens is 1. The summed E-state index contributed by atoms with van der Waals surface area (Å²) in [6, 6.07) is 5.58. The summed E-state index contributed by atoms with van der Waals surface area (Å²) in [6.07, 6.45) is 1.19. The van der Waals surface area contributed by atoms with Crippen LogP contribution in [0.2, 0.25) is 0 Å². The minimum Gasteiger partial charge on any atom is -0.490 e. The van der Waals surface area contributed by atoms with Gasteiger partial charge in [-0.1, -0.05) is 12.1 Å². The van der Waals surface area contributed by atoms with Gasteiger partial charge in [-0.15, -0.1) is 12.4 Å². The van der Waals surface area contributed by atoms with E-state index in [1.165, 1.54) is 0 Å². The molecule has 1 unspecified atom stereocenters. The molecule has 0 aliphatic carbocycles. The SMILES string of the molecule is CC(N)CC(=O)NCc1cccc2c1OCCCO2.Cl. The summed E-state index contributed by atoms with van der Waals surface area (Å²) in [5.74, 6) is 1.43. The number of amides is 1. The first-order valence-electron chi connectivity index (χ1n) is 6.56. The summed E-state index contributed by atoms with van der Waals surface area (Å²) in [6.45, 7) is 3.54. The van der Waals surface area contributed by atoms with E-state index in [0.29, 0.717) is 26.2 Å². The molecule has 20 heavy (non-hydrogen) atoms. The molecule has 5 nitrogen and oxygen atoms in total. The molecule has 1 aliphatic heterocycles. The molecule has 1 amide bonds. The summed E-state index contributed by atoms with van der Waals surface area (Å²) >= 11 is 0. The fourth-order valence-corrected chi connectivity index (χ4v) is 1.95. The molecule has 1 aliphatic rings. The summed E-state index contributed by atoms with van der Waals surface area (Å²) in [5, 5.41) is 2.85.